The van der Waals surface area contributed by atoms with Crippen molar-refractivity contribution in [2.75, 3.05) is 18.4 Å². The average Bonchev–Trinajstić information content (AvgIpc) is 3.57. The maximum atomic E-state index is 14.4. The highest BCUT2D eigenvalue weighted by molar-refractivity contribution is 5.98. The van der Waals surface area contributed by atoms with Crippen LogP contribution in [0.1, 0.15) is 64.5 Å². The first-order valence-electron chi connectivity index (χ1n) is 16.9. The number of aryl methyl sites for hydroxylation is 1. The van der Waals surface area contributed by atoms with Crippen molar-refractivity contribution in [3.63, 3.8) is 0 Å². The molecule has 9 heteroatoms. The summed E-state index contributed by atoms with van der Waals surface area (Å²) in [5.74, 6) is 0.0402. The molecule has 0 aliphatic carbocycles. The van der Waals surface area contributed by atoms with Crippen LogP contribution in [0.3, 0.4) is 0 Å². The highest BCUT2D eigenvalue weighted by atomic mass is 16.2. The van der Waals surface area contributed by atoms with Crippen LogP contribution in [0.25, 0.3) is 11.1 Å². The topological polar surface area (TPSA) is 122 Å². The van der Waals surface area contributed by atoms with Crippen LogP contribution >= 0.6 is 0 Å². The number of rotatable bonds is 12. The molecular formula is C39H48N6O3. The molecule has 2 atom stereocenters. The van der Waals surface area contributed by atoms with E-state index >= 15 is 0 Å². The summed E-state index contributed by atoms with van der Waals surface area (Å²) in [6.45, 7) is 8.73. The number of piperidine rings is 1. The van der Waals surface area contributed by atoms with Crippen molar-refractivity contribution in [2.24, 2.45) is 11.7 Å². The molecule has 0 saturated carbocycles. The molecule has 252 valence electrons. The molecule has 3 amide bonds. The lowest BCUT2D eigenvalue weighted by molar-refractivity contribution is -0.139. The Bertz CT molecular complexity index is 1670. The number of benzene rings is 3. The number of imidazole rings is 1. The molecule has 1 aliphatic rings. The maximum Gasteiger partial charge on any atom is 0.253 e. The lowest BCUT2D eigenvalue weighted by atomic mass is 9.87. The fraction of sp³-hybridized carbons (Fsp3) is 0.385. The molecule has 0 bridgehead atoms. The van der Waals surface area contributed by atoms with Gasteiger partial charge in [-0.25, -0.2) is 4.98 Å². The normalized spacial score (nSPS) is 15.7. The number of anilines is 1. The molecular weight excluding hydrogens is 600 g/mol. The molecule has 9 nitrogen and oxygen atoms in total. The molecule has 2 heterocycles. The van der Waals surface area contributed by atoms with Crippen molar-refractivity contribution in [3.8, 4) is 11.1 Å². The van der Waals surface area contributed by atoms with Crippen LogP contribution in [0.4, 0.5) is 5.82 Å². The van der Waals surface area contributed by atoms with Crippen molar-refractivity contribution in [3.05, 3.63) is 109 Å². The minimum absolute atomic E-state index is 0.0200. The van der Waals surface area contributed by atoms with E-state index in [1.165, 1.54) is 0 Å². The molecule has 3 aromatic carbocycles. The van der Waals surface area contributed by atoms with Crippen LogP contribution in [-0.4, -0.2) is 56.8 Å². The van der Waals surface area contributed by atoms with E-state index in [2.05, 4.69) is 34.7 Å². The van der Waals surface area contributed by atoms with Crippen molar-refractivity contribution in [1.82, 2.24) is 19.8 Å². The summed E-state index contributed by atoms with van der Waals surface area (Å²) in [5, 5.41) is 5.73. The summed E-state index contributed by atoms with van der Waals surface area (Å²) in [7, 11) is 0. The average molecular weight is 649 g/mol. The molecule has 1 saturated heterocycles. The summed E-state index contributed by atoms with van der Waals surface area (Å²) in [5.41, 5.74) is 7.92. The van der Waals surface area contributed by atoms with E-state index < -0.39 is 28.9 Å². The second-order valence-electron chi connectivity index (χ2n) is 13.8. The monoisotopic (exact) mass is 648 g/mol. The Morgan fingerprint density at radius 1 is 0.896 bits per heavy atom. The van der Waals surface area contributed by atoms with Crippen molar-refractivity contribution >= 4 is 23.5 Å². The van der Waals surface area contributed by atoms with E-state index in [-0.39, 0.29) is 5.91 Å². The van der Waals surface area contributed by atoms with Crippen LogP contribution in [-0.2, 0) is 26.3 Å². The first-order chi connectivity index (χ1) is 22.9. The molecule has 1 aliphatic heterocycles. The van der Waals surface area contributed by atoms with Gasteiger partial charge in [0, 0.05) is 19.3 Å². The van der Waals surface area contributed by atoms with Gasteiger partial charge >= 0.3 is 0 Å². The summed E-state index contributed by atoms with van der Waals surface area (Å²) in [4.78, 5) is 47.3. The Morgan fingerprint density at radius 3 is 2.12 bits per heavy atom. The van der Waals surface area contributed by atoms with Gasteiger partial charge in [0.2, 0.25) is 11.8 Å². The van der Waals surface area contributed by atoms with Gasteiger partial charge in [0.15, 0.2) is 5.82 Å². The fourth-order valence-electron chi connectivity index (χ4n) is 6.13. The Morgan fingerprint density at radius 2 is 1.50 bits per heavy atom. The van der Waals surface area contributed by atoms with Crippen molar-refractivity contribution in [1.29, 1.82) is 0 Å². The Kier molecular flexibility index (Phi) is 10.8. The summed E-state index contributed by atoms with van der Waals surface area (Å²) >= 11 is 0. The highest BCUT2D eigenvalue weighted by Gasteiger charge is 2.41. The predicted octanol–water partition coefficient (Wildman–Crippen LogP) is 5.76. The second kappa shape index (κ2) is 15.0. The van der Waals surface area contributed by atoms with E-state index in [9.17, 15) is 14.4 Å². The number of hydrogen-bond donors (Lipinski definition) is 3. The fourth-order valence-corrected chi connectivity index (χ4v) is 6.13. The number of aromatic nitrogens is 2. The minimum atomic E-state index is -1.15. The van der Waals surface area contributed by atoms with E-state index in [1.807, 2.05) is 84.6 Å². The number of nitrogens with zero attached hydrogens (tertiary/aromatic N) is 3. The van der Waals surface area contributed by atoms with Gasteiger partial charge in [0.1, 0.15) is 11.6 Å². The van der Waals surface area contributed by atoms with Gasteiger partial charge in [-0.05, 0) is 81.0 Å². The van der Waals surface area contributed by atoms with Gasteiger partial charge in [0.05, 0.1) is 11.9 Å². The van der Waals surface area contributed by atoms with Crippen LogP contribution in [0.2, 0.25) is 0 Å². The van der Waals surface area contributed by atoms with Crippen LogP contribution < -0.4 is 16.4 Å². The summed E-state index contributed by atoms with van der Waals surface area (Å²) in [6.07, 6.45) is 7.07. The lowest BCUT2D eigenvalue weighted by Gasteiger charge is -2.39. The number of hydrogen-bond acceptors (Lipinski definition) is 5. The first-order valence-corrected chi connectivity index (χ1v) is 16.9. The smallest absolute Gasteiger partial charge is 0.253 e. The predicted molar refractivity (Wildman–Crippen MR) is 190 cm³/mol. The van der Waals surface area contributed by atoms with Gasteiger partial charge in [0.25, 0.3) is 5.91 Å². The molecule has 1 fully saturated rings. The molecule has 0 radical (unpaired) electrons. The molecule has 48 heavy (non-hydrogen) atoms. The zero-order valence-electron chi connectivity index (χ0n) is 28.5. The van der Waals surface area contributed by atoms with Crippen molar-refractivity contribution < 1.29 is 14.4 Å². The van der Waals surface area contributed by atoms with Gasteiger partial charge < -0.3 is 25.8 Å². The SMILES string of the molecule is CC1CCN(C(=O)C(C)(c2ccc(-c3ccccc3)cc2)n2cnc(NC(=O)C(CCCc3ccccc3)NC(=O)C(C)(C)N)c2)CC1. The number of carbonyl (C=O) groups is 3. The molecule has 0 spiro atoms. The van der Waals surface area contributed by atoms with Crippen molar-refractivity contribution in [2.45, 2.75) is 76.9 Å². The van der Waals surface area contributed by atoms with E-state index in [4.69, 9.17) is 5.73 Å². The maximum absolute atomic E-state index is 14.4. The Hall–Kier alpha value is -4.76. The van der Waals surface area contributed by atoms with Crippen LogP contribution in [0.5, 0.6) is 0 Å². The number of amides is 3. The molecule has 5 rings (SSSR count). The lowest BCUT2D eigenvalue weighted by Crippen LogP contribution is -2.54. The quantitative estimate of drug-likeness (QED) is 0.181. The second-order valence-corrected chi connectivity index (χ2v) is 13.8. The number of nitrogens with two attached hydrogens (primary N) is 1. The number of nitrogens with one attached hydrogen (secondary N) is 2. The summed E-state index contributed by atoms with van der Waals surface area (Å²) < 4.78 is 1.78. The standard InChI is InChI=1S/C39H48N6O3/c1-28-22-24-44(25-23-28)37(48)39(4,32-20-18-31(19-21-32)30-15-9-6-10-16-30)45-26-34(41-27-45)43-35(46)33(42-36(47)38(2,3)40)17-11-14-29-12-7-5-8-13-29/h5-10,12-13,15-16,18-21,26-28,33H,11,14,17,22-25,40H2,1-4H3,(H,42,47)(H,43,46). The van der Waals surface area contributed by atoms with Gasteiger partial charge in [-0.3, -0.25) is 14.4 Å². The van der Waals surface area contributed by atoms with Gasteiger partial charge in [-0.15, -0.1) is 0 Å². The third-order valence-electron chi connectivity index (χ3n) is 9.40. The zero-order chi connectivity index (χ0) is 34.3. The highest BCUT2D eigenvalue weighted by Crippen LogP contribution is 2.33. The van der Waals surface area contributed by atoms with Crippen LogP contribution in [0.15, 0.2) is 97.5 Å². The number of carbonyl (C=O) groups excluding carboxylic acids is 3. The zero-order valence-corrected chi connectivity index (χ0v) is 28.5. The Balaban J connectivity index is 1.39. The summed E-state index contributed by atoms with van der Waals surface area (Å²) in [6, 6.07) is 27.4. The molecule has 1 aromatic heterocycles. The van der Waals surface area contributed by atoms with E-state index in [0.29, 0.717) is 37.7 Å². The van der Waals surface area contributed by atoms with Gasteiger partial charge in [-0.2, -0.15) is 0 Å². The molecule has 2 unspecified atom stereocenters. The minimum Gasteiger partial charge on any atom is -0.343 e. The Labute approximate surface area is 283 Å². The largest absolute Gasteiger partial charge is 0.343 e. The van der Waals surface area contributed by atoms with Gasteiger partial charge in [-0.1, -0.05) is 91.9 Å². The molecule has 4 N–H and O–H groups in total. The molecule has 4 aromatic rings. The first kappa shape index (κ1) is 34.6. The van der Waals surface area contributed by atoms with Crippen LogP contribution in [0, 0.1) is 5.92 Å². The third kappa shape index (κ3) is 8.20. The number of likely N-dealkylation sites (tertiary alicyclic amines) is 1. The van der Waals surface area contributed by atoms with E-state index in [1.54, 1.807) is 30.9 Å². The third-order valence-corrected chi connectivity index (χ3v) is 9.40. The van der Waals surface area contributed by atoms with E-state index in [0.717, 1.165) is 41.5 Å².